The Morgan fingerprint density at radius 2 is 1.96 bits per heavy atom. The minimum absolute atomic E-state index is 0.0172. The molecule has 1 aromatic carbocycles. The van der Waals surface area contributed by atoms with Gasteiger partial charge in [-0.2, -0.15) is 5.10 Å². The van der Waals surface area contributed by atoms with Crippen LogP contribution in [0.25, 0.3) is 5.69 Å². The number of rotatable bonds is 6. The maximum Gasteiger partial charge on any atom is 0.222 e. The molecule has 1 atom stereocenters. The number of benzene rings is 1. The number of aromatic nitrogens is 3. The molecule has 6 heteroatoms. The second-order valence-corrected chi connectivity index (χ2v) is 6.56. The molecule has 1 unspecified atom stereocenters. The van der Waals surface area contributed by atoms with E-state index in [0.29, 0.717) is 13.0 Å². The number of amides is 1. The molecule has 0 fully saturated rings. The molecule has 0 aliphatic rings. The molecule has 0 saturated carbocycles. The molecule has 24 heavy (non-hydrogen) atoms. The van der Waals surface area contributed by atoms with Gasteiger partial charge in [-0.15, -0.1) is 0 Å². The highest BCUT2D eigenvalue weighted by atomic mass is 79.9. The van der Waals surface area contributed by atoms with Crippen LogP contribution in [0.1, 0.15) is 24.9 Å². The van der Waals surface area contributed by atoms with Crippen LogP contribution in [0.2, 0.25) is 0 Å². The Hall–Kier alpha value is -2.34. The van der Waals surface area contributed by atoms with E-state index in [1.807, 2.05) is 49.8 Å². The summed E-state index contributed by atoms with van der Waals surface area (Å²) in [4.78, 5) is 12.1. The fourth-order valence-electron chi connectivity index (χ4n) is 2.52. The van der Waals surface area contributed by atoms with Crippen molar-refractivity contribution in [2.24, 2.45) is 0 Å². The highest BCUT2D eigenvalue weighted by Gasteiger charge is 2.10. The summed E-state index contributed by atoms with van der Waals surface area (Å²) in [7, 11) is 0. The number of nitrogens with zero attached hydrogens (tertiary/aromatic N) is 3. The topological polar surface area (TPSA) is 51.9 Å². The van der Waals surface area contributed by atoms with E-state index in [1.54, 1.807) is 10.9 Å². The third-order valence-corrected chi connectivity index (χ3v) is 4.25. The summed E-state index contributed by atoms with van der Waals surface area (Å²) in [6.07, 6.45) is 7.99. The molecule has 0 bridgehead atoms. The Morgan fingerprint density at radius 3 is 2.58 bits per heavy atom. The van der Waals surface area contributed by atoms with Gasteiger partial charge in [0.15, 0.2) is 0 Å². The number of hydrogen-bond acceptors (Lipinski definition) is 2. The Balaban J connectivity index is 1.54. The number of carbonyl (C=O) groups excluding carboxylic acids is 1. The zero-order chi connectivity index (χ0) is 16.9. The van der Waals surface area contributed by atoms with Gasteiger partial charge in [-0.1, -0.05) is 12.1 Å². The molecule has 0 radical (unpaired) electrons. The van der Waals surface area contributed by atoms with E-state index in [1.165, 1.54) is 0 Å². The fourth-order valence-corrected chi connectivity index (χ4v) is 2.84. The third-order valence-electron chi connectivity index (χ3n) is 3.84. The lowest BCUT2D eigenvalue weighted by molar-refractivity contribution is -0.122. The van der Waals surface area contributed by atoms with Crippen molar-refractivity contribution in [3.63, 3.8) is 0 Å². The highest BCUT2D eigenvalue weighted by Crippen LogP contribution is 2.16. The van der Waals surface area contributed by atoms with Gasteiger partial charge in [0.25, 0.3) is 0 Å². The number of nitrogens with one attached hydrogen (secondary N) is 1. The third kappa shape index (κ3) is 4.14. The van der Waals surface area contributed by atoms with Gasteiger partial charge in [-0.05, 0) is 52.7 Å². The van der Waals surface area contributed by atoms with Crippen molar-refractivity contribution in [1.82, 2.24) is 19.7 Å². The predicted octanol–water partition coefficient (Wildman–Crippen LogP) is 3.70. The summed E-state index contributed by atoms with van der Waals surface area (Å²) in [5.41, 5.74) is 2.19. The van der Waals surface area contributed by atoms with Gasteiger partial charge < -0.3 is 9.88 Å². The Bertz CT molecular complexity index is 793. The first-order valence-electron chi connectivity index (χ1n) is 7.82. The van der Waals surface area contributed by atoms with E-state index < -0.39 is 0 Å². The standard InChI is InChI=1S/C18H19BrN4O/c1-14(21-18(24)8-11-23-13-16(19)12-20-23)15-4-6-17(7-5-15)22-9-2-3-10-22/h2-7,9-10,12-14H,8,11H2,1H3,(H,21,24). The van der Waals surface area contributed by atoms with Gasteiger partial charge in [0.1, 0.15) is 0 Å². The first kappa shape index (κ1) is 16.5. The maximum absolute atomic E-state index is 12.1. The van der Waals surface area contributed by atoms with E-state index >= 15 is 0 Å². The zero-order valence-corrected chi connectivity index (χ0v) is 15.0. The minimum Gasteiger partial charge on any atom is -0.350 e. The maximum atomic E-state index is 12.1. The summed E-state index contributed by atoms with van der Waals surface area (Å²) in [6, 6.07) is 12.2. The van der Waals surface area contributed by atoms with Crippen molar-refractivity contribution in [1.29, 1.82) is 0 Å². The van der Waals surface area contributed by atoms with E-state index in [-0.39, 0.29) is 11.9 Å². The van der Waals surface area contributed by atoms with Gasteiger partial charge in [0, 0.05) is 37.2 Å². The SMILES string of the molecule is CC(NC(=O)CCn1cc(Br)cn1)c1ccc(-n2cccc2)cc1. The molecule has 1 amide bonds. The molecule has 0 aliphatic carbocycles. The second kappa shape index (κ2) is 7.49. The van der Waals surface area contributed by atoms with E-state index in [4.69, 9.17) is 0 Å². The van der Waals surface area contributed by atoms with Gasteiger partial charge >= 0.3 is 0 Å². The van der Waals surface area contributed by atoms with Crippen molar-refractivity contribution < 1.29 is 4.79 Å². The first-order chi connectivity index (χ1) is 11.6. The molecule has 2 heterocycles. The minimum atomic E-state index is -0.0273. The normalized spacial score (nSPS) is 12.1. The van der Waals surface area contributed by atoms with Crippen molar-refractivity contribution in [2.75, 3.05) is 0 Å². The molecule has 0 aliphatic heterocycles. The number of halogens is 1. The lowest BCUT2D eigenvalue weighted by atomic mass is 10.1. The van der Waals surface area contributed by atoms with Gasteiger partial charge in [0.05, 0.1) is 16.7 Å². The van der Waals surface area contributed by atoms with Crippen LogP contribution in [0.3, 0.4) is 0 Å². The van der Waals surface area contributed by atoms with Crippen LogP contribution in [0, 0.1) is 0 Å². The lowest BCUT2D eigenvalue weighted by Crippen LogP contribution is -2.27. The van der Waals surface area contributed by atoms with E-state index in [9.17, 15) is 4.79 Å². The van der Waals surface area contributed by atoms with Crippen LogP contribution >= 0.6 is 15.9 Å². The molecule has 3 rings (SSSR count). The summed E-state index contributed by atoms with van der Waals surface area (Å²) in [5, 5.41) is 7.18. The van der Waals surface area contributed by atoms with Gasteiger partial charge in [0.2, 0.25) is 5.91 Å². The lowest BCUT2D eigenvalue weighted by Gasteiger charge is -2.15. The van der Waals surface area contributed by atoms with Crippen molar-refractivity contribution >= 4 is 21.8 Å². The molecular formula is C18H19BrN4O. The molecule has 3 aromatic rings. The quantitative estimate of drug-likeness (QED) is 0.701. The van der Waals surface area contributed by atoms with Crippen molar-refractivity contribution in [3.05, 3.63) is 71.2 Å². The molecule has 124 valence electrons. The summed E-state index contributed by atoms with van der Waals surface area (Å²) < 4.78 is 4.72. The Kier molecular flexibility index (Phi) is 5.15. The predicted molar refractivity (Wildman–Crippen MR) is 96.9 cm³/mol. The Morgan fingerprint density at radius 1 is 1.25 bits per heavy atom. The smallest absolute Gasteiger partial charge is 0.222 e. The molecule has 2 aromatic heterocycles. The van der Waals surface area contributed by atoms with Crippen molar-refractivity contribution in [2.45, 2.75) is 25.9 Å². The number of hydrogen-bond donors (Lipinski definition) is 1. The molecule has 1 N–H and O–H groups in total. The van der Waals surface area contributed by atoms with Crippen LogP contribution in [-0.2, 0) is 11.3 Å². The first-order valence-corrected chi connectivity index (χ1v) is 8.62. The van der Waals surface area contributed by atoms with Crippen LogP contribution in [-0.4, -0.2) is 20.3 Å². The van der Waals surface area contributed by atoms with Crippen molar-refractivity contribution in [3.8, 4) is 5.69 Å². The average molecular weight is 387 g/mol. The summed E-state index contributed by atoms with van der Waals surface area (Å²) >= 11 is 3.34. The fraction of sp³-hybridized carbons (Fsp3) is 0.222. The molecular weight excluding hydrogens is 368 g/mol. The van der Waals surface area contributed by atoms with Crippen LogP contribution in [0.15, 0.2) is 65.7 Å². The van der Waals surface area contributed by atoms with Crippen LogP contribution in [0.5, 0.6) is 0 Å². The van der Waals surface area contributed by atoms with Gasteiger partial charge in [-0.25, -0.2) is 0 Å². The van der Waals surface area contributed by atoms with Crippen LogP contribution in [0.4, 0.5) is 0 Å². The summed E-state index contributed by atoms with van der Waals surface area (Å²) in [6.45, 7) is 2.56. The average Bonchev–Trinajstić information content (AvgIpc) is 3.25. The van der Waals surface area contributed by atoms with E-state index in [2.05, 4.69) is 43.0 Å². The molecule has 0 spiro atoms. The second-order valence-electron chi connectivity index (χ2n) is 5.64. The van der Waals surface area contributed by atoms with Gasteiger partial charge in [-0.3, -0.25) is 9.48 Å². The monoisotopic (exact) mass is 386 g/mol. The van der Waals surface area contributed by atoms with Crippen LogP contribution < -0.4 is 5.32 Å². The molecule has 0 saturated heterocycles. The number of carbonyl (C=O) groups is 1. The largest absolute Gasteiger partial charge is 0.350 e. The Labute approximate surface area is 149 Å². The van der Waals surface area contributed by atoms with E-state index in [0.717, 1.165) is 15.7 Å². The molecule has 5 nitrogen and oxygen atoms in total. The highest BCUT2D eigenvalue weighted by molar-refractivity contribution is 9.10. The summed E-state index contributed by atoms with van der Waals surface area (Å²) in [5.74, 6) is 0.0172. The number of aryl methyl sites for hydroxylation is 1. The zero-order valence-electron chi connectivity index (χ0n) is 13.4.